The Morgan fingerprint density at radius 2 is 1.97 bits per heavy atom. The molecule has 202 valence electrons. The van der Waals surface area contributed by atoms with E-state index in [1.807, 2.05) is 35.5 Å². The average Bonchev–Trinajstić information content (AvgIpc) is 3.62. The van der Waals surface area contributed by atoms with Crippen molar-refractivity contribution in [3.05, 3.63) is 72.5 Å². The lowest BCUT2D eigenvalue weighted by molar-refractivity contribution is 0.0792. The maximum absolute atomic E-state index is 14.9. The number of nitrogens with zero attached hydrogens (tertiary/aromatic N) is 5. The summed E-state index contributed by atoms with van der Waals surface area (Å²) >= 11 is 1.42. The highest BCUT2D eigenvalue weighted by atomic mass is 32.1. The van der Waals surface area contributed by atoms with Gasteiger partial charge in [-0.1, -0.05) is 18.2 Å². The molecule has 2 aliphatic heterocycles. The third-order valence-corrected chi connectivity index (χ3v) is 8.09. The van der Waals surface area contributed by atoms with Gasteiger partial charge in [0.2, 0.25) is 11.9 Å². The van der Waals surface area contributed by atoms with Gasteiger partial charge in [-0.15, -0.1) is 16.9 Å². The maximum Gasteiger partial charge on any atom is 0.223 e. The average molecular weight is 551 g/mol. The molecule has 0 spiro atoms. The first-order chi connectivity index (χ1) is 19.0. The standard InChI is InChI=1S/C27H28F2N8OS/c28-22-15-32-27(30-6-10-37-11-7-33-35-37)34-25(22)23-12-17-2-1-3-20(26(17)39-23)21-13-24(29)31-14-18(21)16-36-8-4-19(38)5-9-36/h1-3,7,11-15,19,33,35,38H,4-6,8-10,16H2,(H,30,32,34). The molecule has 0 amide bonds. The van der Waals surface area contributed by atoms with Crippen LogP contribution in [0, 0.1) is 11.8 Å². The smallest absolute Gasteiger partial charge is 0.223 e. The number of likely N-dealkylation sites (tertiary alicyclic amines) is 1. The zero-order chi connectivity index (χ0) is 26.8. The van der Waals surface area contributed by atoms with Crippen molar-refractivity contribution >= 4 is 27.4 Å². The van der Waals surface area contributed by atoms with Crippen molar-refractivity contribution in [3.63, 3.8) is 0 Å². The van der Waals surface area contributed by atoms with E-state index in [1.54, 1.807) is 12.4 Å². The van der Waals surface area contributed by atoms with Crippen molar-refractivity contribution in [1.29, 1.82) is 0 Å². The van der Waals surface area contributed by atoms with E-state index in [9.17, 15) is 13.9 Å². The quantitative estimate of drug-likeness (QED) is 0.244. The van der Waals surface area contributed by atoms with Crippen molar-refractivity contribution < 1.29 is 13.9 Å². The van der Waals surface area contributed by atoms with Gasteiger partial charge in [0, 0.05) is 61.1 Å². The van der Waals surface area contributed by atoms with Crippen molar-refractivity contribution in [1.82, 2.24) is 35.8 Å². The largest absolute Gasteiger partial charge is 0.393 e. The zero-order valence-electron chi connectivity index (χ0n) is 21.1. The van der Waals surface area contributed by atoms with Crippen LogP contribution in [0.15, 0.2) is 55.1 Å². The number of rotatable bonds is 8. The summed E-state index contributed by atoms with van der Waals surface area (Å²) in [6.07, 6.45) is 7.60. The fraction of sp³-hybridized carbons (Fsp3) is 0.296. The molecule has 0 radical (unpaired) electrons. The maximum atomic E-state index is 14.9. The summed E-state index contributed by atoms with van der Waals surface area (Å²) in [7, 11) is 0. The molecular weight excluding hydrogens is 522 g/mol. The van der Waals surface area contributed by atoms with Crippen LogP contribution >= 0.6 is 11.3 Å². The Labute approximate surface area is 228 Å². The number of hydrogen-bond acceptors (Lipinski definition) is 10. The Kier molecular flexibility index (Phi) is 7.33. The van der Waals surface area contributed by atoms with E-state index in [0.29, 0.717) is 30.5 Å². The molecule has 1 fully saturated rings. The van der Waals surface area contributed by atoms with Crippen LogP contribution < -0.4 is 16.3 Å². The topological polar surface area (TPSA) is 101 Å². The normalized spacial score (nSPS) is 16.2. The van der Waals surface area contributed by atoms with E-state index >= 15 is 0 Å². The van der Waals surface area contributed by atoms with E-state index in [4.69, 9.17) is 0 Å². The van der Waals surface area contributed by atoms with Gasteiger partial charge in [0.05, 0.1) is 23.7 Å². The van der Waals surface area contributed by atoms with Gasteiger partial charge in [-0.05, 0) is 35.4 Å². The second-order valence-electron chi connectivity index (χ2n) is 9.59. The minimum Gasteiger partial charge on any atom is -0.393 e. The van der Waals surface area contributed by atoms with Gasteiger partial charge in [-0.2, -0.15) is 4.39 Å². The second-order valence-corrected chi connectivity index (χ2v) is 10.6. The minimum absolute atomic E-state index is 0.216. The van der Waals surface area contributed by atoms with Gasteiger partial charge in [0.1, 0.15) is 5.69 Å². The molecule has 9 nitrogen and oxygen atoms in total. The van der Waals surface area contributed by atoms with Crippen molar-refractivity contribution in [2.75, 3.05) is 31.5 Å². The van der Waals surface area contributed by atoms with Gasteiger partial charge in [-0.25, -0.2) is 19.3 Å². The molecule has 4 N–H and O–H groups in total. The number of aliphatic hydroxyl groups excluding tert-OH is 1. The fourth-order valence-electron chi connectivity index (χ4n) is 4.87. The van der Waals surface area contributed by atoms with Crippen LogP contribution in [0.4, 0.5) is 14.7 Å². The number of thiophene rings is 1. The van der Waals surface area contributed by atoms with Gasteiger partial charge < -0.3 is 15.8 Å². The predicted molar refractivity (Wildman–Crippen MR) is 147 cm³/mol. The van der Waals surface area contributed by atoms with Crippen LogP contribution in [0.5, 0.6) is 0 Å². The number of nitrogens with one attached hydrogen (secondary N) is 3. The Bertz CT molecular complexity index is 1500. The summed E-state index contributed by atoms with van der Waals surface area (Å²) in [6, 6.07) is 9.22. The molecule has 3 aromatic heterocycles. The summed E-state index contributed by atoms with van der Waals surface area (Å²) in [4.78, 5) is 15.4. The number of pyridine rings is 1. The monoisotopic (exact) mass is 550 g/mol. The fourth-order valence-corrected chi connectivity index (χ4v) is 6.05. The van der Waals surface area contributed by atoms with E-state index < -0.39 is 11.8 Å². The first-order valence-electron chi connectivity index (χ1n) is 12.8. The molecule has 0 bridgehead atoms. The van der Waals surface area contributed by atoms with Crippen LogP contribution in [-0.2, 0) is 6.54 Å². The van der Waals surface area contributed by atoms with E-state index in [2.05, 4.69) is 36.1 Å². The van der Waals surface area contributed by atoms with Crippen LogP contribution in [0.2, 0.25) is 0 Å². The Hall–Kier alpha value is -3.71. The molecule has 0 atom stereocenters. The van der Waals surface area contributed by atoms with Crippen molar-refractivity contribution in [2.24, 2.45) is 0 Å². The molecule has 12 heteroatoms. The van der Waals surface area contributed by atoms with Crippen molar-refractivity contribution in [3.8, 4) is 21.7 Å². The summed E-state index contributed by atoms with van der Waals surface area (Å²) < 4.78 is 30.2. The van der Waals surface area contributed by atoms with E-state index in [1.165, 1.54) is 23.6 Å². The lowest BCUT2D eigenvalue weighted by atomic mass is 9.99. The second kappa shape index (κ2) is 11.2. The number of halogens is 2. The number of hydrazine groups is 2. The van der Waals surface area contributed by atoms with Crippen LogP contribution in [0.25, 0.3) is 31.8 Å². The van der Waals surface area contributed by atoms with Gasteiger partial charge in [0.25, 0.3) is 0 Å². The molecule has 5 heterocycles. The van der Waals surface area contributed by atoms with Crippen molar-refractivity contribution in [2.45, 2.75) is 25.5 Å². The Morgan fingerprint density at radius 3 is 2.79 bits per heavy atom. The Balaban J connectivity index is 1.29. The number of benzene rings is 1. The molecule has 1 aromatic carbocycles. The predicted octanol–water partition coefficient (Wildman–Crippen LogP) is 3.86. The molecule has 0 unspecified atom stereocenters. The lowest BCUT2D eigenvalue weighted by Gasteiger charge is -2.30. The summed E-state index contributed by atoms with van der Waals surface area (Å²) in [6.45, 7) is 3.35. The zero-order valence-corrected chi connectivity index (χ0v) is 21.9. The molecular formula is C27H28F2N8OS. The summed E-state index contributed by atoms with van der Waals surface area (Å²) in [5.74, 6) is -0.722. The number of fused-ring (bicyclic) bond motifs is 1. The van der Waals surface area contributed by atoms with E-state index in [-0.39, 0.29) is 11.8 Å². The molecule has 4 aromatic rings. The van der Waals surface area contributed by atoms with E-state index in [0.717, 1.165) is 52.7 Å². The lowest BCUT2D eigenvalue weighted by Crippen LogP contribution is -2.38. The summed E-state index contributed by atoms with van der Waals surface area (Å²) in [5, 5.41) is 15.8. The van der Waals surface area contributed by atoms with Crippen LogP contribution in [0.3, 0.4) is 0 Å². The van der Waals surface area contributed by atoms with Crippen LogP contribution in [0.1, 0.15) is 18.4 Å². The molecule has 0 aliphatic carbocycles. The van der Waals surface area contributed by atoms with Gasteiger partial charge in [0.15, 0.2) is 5.82 Å². The highest BCUT2D eigenvalue weighted by Gasteiger charge is 2.21. The number of anilines is 1. The molecule has 39 heavy (non-hydrogen) atoms. The molecule has 2 aliphatic rings. The van der Waals surface area contributed by atoms with Gasteiger partial charge >= 0.3 is 0 Å². The molecule has 0 saturated carbocycles. The number of aliphatic hydroxyl groups is 1. The first-order valence-corrected chi connectivity index (χ1v) is 13.6. The third kappa shape index (κ3) is 5.69. The highest BCUT2D eigenvalue weighted by Crippen LogP contribution is 2.40. The third-order valence-electron chi connectivity index (χ3n) is 6.90. The van der Waals surface area contributed by atoms with Crippen LogP contribution in [-0.4, -0.2) is 62.3 Å². The summed E-state index contributed by atoms with van der Waals surface area (Å²) in [5.41, 5.74) is 8.57. The minimum atomic E-state index is -0.551. The Morgan fingerprint density at radius 1 is 1.10 bits per heavy atom. The SMILES string of the molecule is OC1CCN(Cc2cnc(F)cc2-c2cccc3cc(-c4nc(NCCN5C=CNN5)ncc4F)sc23)CC1. The molecule has 1 saturated heterocycles. The molecule has 6 rings (SSSR count). The highest BCUT2D eigenvalue weighted by molar-refractivity contribution is 7.22. The van der Waals surface area contributed by atoms with Gasteiger partial charge in [-0.3, -0.25) is 9.91 Å². The number of piperidine rings is 1. The first kappa shape index (κ1) is 25.6. The number of hydrogen-bond donors (Lipinski definition) is 4. The number of aromatic nitrogens is 3.